The van der Waals surface area contributed by atoms with Gasteiger partial charge in [0.2, 0.25) is 0 Å². The quantitative estimate of drug-likeness (QED) is 0.288. The van der Waals surface area contributed by atoms with Crippen LogP contribution in [0, 0.1) is 11.8 Å². The molecule has 4 N–H and O–H groups in total. The van der Waals surface area contributed by atoms with Crippen LogP contribution >= 0.6 is 24.8 Å². The average molecular weight is 523 g/mol. The van der Waals surface area contributed by atoms with E-state index in [0.29, 0.717) is 56.0 Å². The van der Waals surface area contributed by atoms with E-state index in [0.717, 1.165) is 12.8 Å². The molecule has 9 heteroatoms. The Morgan fingerprint density at radius 1 is 1.21 bits per heavy atom. The van der Waals surface area contributed by atoms with Gasteiger partial charge in [-0.3, -0.25) is 4.79 Å². The van der Waals surface area contributed by atoms with Gasteiger partial charge in [-0.05, 0) is 63.1 Å². The summed E-state index contributed by atoms with van der Waals surface area (Å²) in [5.74, 6) is 0.962. The van der Waals surface area contributed by atoms with Gasteiger partial charge >= 0.3 is 0 Å². The normalized spacial score (nSPS) is 15.8. The Morgan fingerprint density at radius 3 is 2.47 bits per heavy atom. The Kier molecular flexibility index (Phi) is 16.8. The number of methoxy groups -OCH3 is 1. The predicted molar refractivity (Wildman–Crippen MR) is 142 cm³/mol. The molecular weight excluding hydrogens is 477 g/mol. The number of halogens is 2. The number of nitrogens with one attached hydrogen (secondary N) is 1. The summed E-state index contributed by atoms with van der Waals surface area (Å²) in [6, 6.07) is 7.61. The lowest BCUT2D eigenvalue weighted by atomic mass is 9.87. The maximum atomic E-state index is 12.9. The SMILES string of the molecule is COCCCCOc1ccccc1C(=O)NCC(CC(N)C(O)CN(C)C1CC1)C(C)C.Cl.Cl. The van der Waals surface area contributed by atoms with Crippen molar-refractivity contribution in [2.45, 2.75) is 64.1 Å². The number of para-hydroxylation sites is 1. The van der Waals surface area contributed by atoms with E-state index in [9.17, 15) is 9.90 Å². The minimum atomic E-state index is -0.565. The number of aliphatic hydroxyl groups excluding tert-OH is 1. The van der Waals surface area contributed by atoms with Gasteiger partial charge in [-0.2, -0.15) is 0 Å². The maximum Gasteiger partial charge on any atom is 0.255 e. The van der Waals surface area contributed by atoms with E-state index < -0.39 is 6.10 Å². The van der Waals surface area contributed by atoms with Gasteiger partial charge in [0.25, 0.3) is 5.91 Å². The summed E-state index contributed by atoms with van der Waals surface area (Å²) in [5, 5.41) is 13.6. The minimum absolute atomic E-state index is 0. The summed E-state index contributed by atoms with van der Waals surface area (Å²) in [7, 11) is 3.73. The van der Waals surface area contributed by atoms with Crippen molar-refractivity contribution in [2.24, 2.45) is 17.6 Å². The topological polar surface area (TPSA) is 97.0 Å². The molecule has 0 bridgehead atoms. The van der Waals surface area contributed by atoms with Crippen LogP contribution in [0.25, 0.3) is 0 Å². The van der Waals surface area contributed by atoms with Crippen LogP contribution in [0.5, 0.6) is 5.75 Å². The fourth-order valence-electron chi connectivity index (χ4n) is 3.82. The van der Waals surface area contributed by atoms with E-state index in [1.54, 1.807) is 13.2 Å². The highest BCUT2D eigenvalue weighted by Crippen LogP contribution is 2.26. The third-order valence-corrected chi connectivity index (χ3v) is 6.31. The molecule has 1 aliphatic rings. The van der Waals surface area contributed by atoms with Gasteiger partial charge in [-0.1, -0.05) is 26.0 Å². The van der Waals surface area contributed by atoms with Crippen LogP contribution < -0.4 is 15.8 Å². The molecule has 0 radical (unpaired) electrons. The van der Waals surface area contributed by atoms with Crippen LogP contribution in [0.2, 0.25) is 0 Å². The fourth-order valence-corrected chi connectivity index (χ4v) is 3.82. The number of ether oxygens (including phenoxy) is 2. The number of rotatable bonds is 16. The maximum absolute atomic E-state index is 12.9. The van der Waals surface area contributed by atoms with E-state index in [4.69, 9.17) is 15.2 Å². The number of carbonyl (C=O) groups is 1. The molecule has 0 aromatic heterocycles. The van der Waals surface area contributed by atoms with E-state index in [1.165, 1.54) is 12.8 Å². The summed E-state index contributed by atoms with van der Waals surface area (Å²) in [6.45, 7) is 6.61. The summed E-state index contributed by atoms with van der Waals surface area (Å²) in [5.41, 5.74) is 6.88. The Bertz CT molecular complexity index is 692. The highest BCUT2D eigenvalue weighted by molar-refractivity contribution is 5.96. The number of hydrogen-bond acceptors (Lipinski definition) is 6. The lowest BCUT2D eigenvalue weighted by Crippen LogP contribution is -2.45. The van der Waals surface area contributed by atoms with Crippen LogP contribution in [-0.2, 0) is 4.74 Å². The standard InChI is InChI=1S/C25H43N3O4.2ClH/c1-18(2)19(15-22(26)23(29)17-28(3)20-11-12-20)16-27-25(30)21-9-5-6-10-24(21)32-14-8-7-13-31-4;;/h5-6,9-10,18-20,22-23,29H,7-8,11-17,26H2,1-4H3,(H,27,30);2*1H. The van der Waals surface area contributed by atoms with Crippen molar-refractivity contribution in [2.75, 3.05) is 40.5 Å². The number of unbranched alkanes of at least 4 members (excludes halogenated alkanes) is 1. The van der Waals surface area contributed by atoms with Crippen LogP contribution in [0.4, 0.5) is 0 Å². The minimum Gasteiger partial charge on any atom is -0.493 e. The smallest absolute Gasteiger partial charge is 0.255 e. The molecular formula is C25H45Cl2N3O4. The monoisotopic (exact) mass is 521 g/mol. The van der Waals surface area contributed by atoms with Crippen LogP contribution in [0.15, 0.2) is 24.3 Å². The van der Waals surface area contributed by atoms with Gasteiger partial charge in [-0.25, -0.2) is 0 Å². The first-order valence-corrected chi connectivity index (χ1v) is 12.0. The van der Waals surface area contributed by atoms with Crippen molar-refractivity contribution < 1.29 is 19.4 Å². The third kappa shape index (κ3) is 11.6. The lowest BCUT2D eigenvalue weighted by molar-refractivity contribution is 0.0844. The molecule has 1 amide bonds. The van der Waals surface area contributed by atoms with Crippen molar-refractivity contribution in [1.82, 2.24) is 10.2 Å². The van der Waals surface area contributed by atoms with Gasteiger partial charge in [0, 0.05) is 38.9 Å². The summed E-state index contributed by atoms with van der Waals surface area (Å²) in [4.78, 5) is 15.1. The molecule has 0 saturated heterocycles. The molecule has 0 aliphatic heterocycles. The van der Waals surface area contributed by atoms with Crippen molar-refractivity contribution >= 4 is 30.7 Å². The van der Waals surface area contributed by atoms with Crippen molar-refractivity contribution in [1.29, 1.82) is 0 Å². The molecule has 1 aliphatic carbocycles. The zero-order chi connectivity index (χ0) is 23.5. The second-order valence-electron chi connectivity index (χ2n) is 9.40. The zero-order valence-electron chi connectivity index (χ0n) is 21.1. The number of nitrogens with two attached hydrogens (primary N) is 1. The fraction of sp³-hybridized carbons (Fsp3) is 0.720. The van der Waals surface area contributed by atoms with Gasteiger partial charge in [0.15, 0.2) is 0 Å². The van der Waals surface area contributed by atoms with E-state index in [1.807, 2.05) is 25.2 Å². The molecule has 198 valence electrons. The largest absolute Gasteiger partial charge is 0.493 e. The third-order valence-electron chi connectivity index (χ3n) is 6.31. The molecule has 0 spiro atoms. The molecule has 1 saturated carbocycles. The number of carbonyl (C=O) groups excluding carboxylic acids is 1. The number of likely N-dealkylation sites (N-methyl/N-ethyl adjacent to an activating group) is 1. The number of nitrogens with zero attached hydrogens (tertiary/aromatic N) is 1. The van der Waals surface area contributed by atoms with Gasteiger partial charge in [-0.15, -0.1) is 24.8 Å². The second-order valence-corrected chi connectivity index (χ2v) is 9.40. The molecule has 3 atom stereocenters. The Labute approximate surface area is 217 Å². The Morgan fingerprint density at radius 2 is 1.85 bits per heavy atom. The predicted octanol–water partition coefficient (Wildman–Crippen LogP) is 3.51. The Hall–Kier alpha value is -1.09. The number of benzene rings is 1. The summed E-state index contributed by atoms with van der Waals surface area (Å²) < 4.78 is 10.9. The van der Waals surface area contributed by atoms with Crippen molar-refractivity contribution in [3.63, 3.8) is 0 Å². The number of hydrogen-bond donors (Lipinski definition) is 3. The molecule has 34 heavy (non-hydrogen) atoms. The zero-order valence-corrected chi connectivity index (χ0v) is 22.7. The van der Waals surface area contributed by atoms with Gasteiger partial charge < -0.3 is 30.5 Å². The molecule has 3 unspecified atom stereocenters. The summed E-state index contributed by atoms with van der Waals surface area (Å²) >= 11 is 0. The first-order chi connectivity index (χ1) is 15.3. The van der Waals surface area contributed by atoms with Crippen LogP contribution in [-0.4, -0.2) is 74.6 Å². The number of amides is 1. The van der Waals surface area contributed by atoms with E-state index >= 15 is 0 Å². The number of aliphatic hydroxyl groups is 1. The highest BCUT2D eigenvalue weighted by Gasteiger charge is 2.30. The molecule has 1 aromatic rings. The molecule has 7 nitrogen and oxygen atoms in total. The first-order valence-electron chi connectivity index (χ1n) is 12.0. The first kappa shape index (κ1) is 32.9. The molecule has 0 heterocycles. The lowest BCUT2D eigenvalue weighted by Gasteiger charge is -2.29. The van der Waals surface area contributed by atoms with Crippen LogP contribution in [0.1, 0.15) is 56.3 Å². The van der Waals surface area contributed by atoms with Gasteiger partial charge in [0.1, 0.15) is 5.75 Å². The van der Waals surface area contributed by atoms with Crippen molar-refractivity contribution in [3.05, 3.63) is 29.8 Å². The van der Waals surface area contributed by atoms with Gasteiger partial charge in [0.05, 0.1) is 18.3 Å². The summed E-state index contributed by atoms with van der Waals surface area (Å²) in [6.07, 6.45) is 4.30. The molecule has 1 aromatic carbocycles. The van der Waals surface area contributed by atoms with E-state index in [-0.39, 0.29) is 42.7 Å². The van der Waals surface area contributed by atoms with Crippen LogP contribution in [0.3, 0.4) is 0 Å². The average Bonchev–Trinajstić information content (AvgIpc) is 3.61. The van der Waals surface area contributed by atoms with E-state index in [2.05, 4.69) is 24.1 Å². The van der Waals surface area contributed by atoms with Crippen molar-refractivity contribution in [3.8, 4) is 5.75 Å². The second kappa shape index (κ2) is 17.4. The molecule has 2 rings (SSSR count). The Balaban J connectivity index is 0.00000544. The molecule has 1 fully saturated rings. The highest BCUT2D eigenvalue weighted by atomic mass is 35.5.